The maximum atomic E-state index is 6.01. The highest BCUT2D eigenvalue weighted by molar-refractivity contribution is 5.42. The number of hydrogen-bond acceptors (Lipinski definition) is 3. The molecule has 3 heteroatoms. The van der Waals surface area contributed by atoms with Crippen LogP contribution in [0.15, 0.2) is 18.2 Å². The molecule has 7 rings (SSSR count). The monoisotopic (exact) mass is 354 g/mol. The van der Waals surface area contributed by atoms with E-state index in [1.54, 1.807) is 5.56 Å². The van der Waals surface area contributed by atoms with Crippen LogP contribution in [0.4, 0.5) is 0 Å². The molecule has 0 aromatic heterocycles. The normalized spacial score (nSPS) is 42.1. The molecule has 2 heterocycles. The lowest BCUT2D eigenvalue weighted by atomic mass is 9.47. The van der Waals surface area contributed by atoms with Crippen molar-refractivity contribution in [3.8, 4) is 5.75 Å². The smallest absolute Gasteiger partial charge is 0.119 e. The average molecular weight is 354 g/mol. The number of benzene rings is 1. The lowest BCUT2D eigenvalue weighted by molar-refractivity contribution is -0.00561. The van der Waals surface area contributed by atoms with E-state index in [1.807, 2.05) is 0 Å². The van der Waals surface area contributed by atoms with Crippen molar-refractivity contribution in [2.45, 2.75) is 69.0 Å². The second kappa shape index (κ2) is 5.97. The van der Waals surface area contributed by atoms with Gasteiger partial charge in [-0.15, -0.1) is 0 Å². The van der Waals surface area contributed by atoms with E-state index < -0.39 is 0 Å². The molecule has 1 aromatic carbocycles. The Morgan fingerprint density at radius 3 is 2.19 bits per heavy atom. The Morgan fingerprint density at radius 1 is 0.923 bits per heavy atom. The van der Waals surface area contributed by atoms with Crippen LogP contribution in [0.25, 0.3) is 0 Å². The van der Waals surface area contributed by atoms with E-state index in [0.29, 0.717) is 24.2 Å². The molecule has 2 atom stereocenters. The van der Waals surface area contributed by atoms with E-state index in [0.717, 1.165) is 49.6 Å². The van der Waals surface area contributed by atoms with E-state index in [4.69, 9.17) is 14.2 Å². The van der Waals surface area contributed by atoms with Crippen LogP contribution in [0, 0.1) is 17.8 Å². The third-order valence-corrected chi connectivity index (χ3v) is 7.66. The third-order valence-electron chi connectivity index (χ3n) is 7.66. The predicted molar refractivity (Wildman–Crippen MR) is 99.6 cm³/mol. The molecule has 2 unspecified atom stereocenters. The second-order valence-electron chi connectivity index (χ2n) is 9.78. The molecule has 140 valence electrons. The zero-order valence-corrected chi connectivity index (χ0v) is 15.6. The topological polar surface area (TPSA) is 34.3 Å². The van der Waals surface area contributed by atoms with Gasteiger partial charge in [0.2, 0.25) is 0 Å². The summed E-state index contributed by atoms with van der Waals surface area (Å²) in [6, 6.07) is 7.01. The summed E-state index contributed by atoms with van der Waals surface area (Å²) in [6.45, 7) is 2.51. The van der Waals surface area contributed by atoms with Crippen LogP contribution in [0.5, 0.6) is 5.75 Å². The van der Waals surface area contributed by atoms with Gasteiger partial charge in [0.05, 0.1) is 19.3 Å². The van der Waals surface area contributed by atoms with Gasteiger partial charge in [-0.2, -0.15) is 0 Å². The highest BCUT2D eigenvalue weighted by Gasteiger charge is 2.52. The van der Waals surface area contributed by atoms with E-state index in [-0.39, 0.29) is 0 Å². The van der Waals surface area contributed by atoms with Crippen molar-refractivity contribution in [3.05, 3.63) is 29.3 Å². The van der Waals surface area contributed by atoms with E-state index in [2.05, 4.69) is 18.2 Å². The fourth-order valence-corrected chi connectivity index (χ4v) is 6.73. The van der Waals surface area contributed by atoms with Gasteiger partial charge in [-0.1, -0.05) is 6.07 Å². The Hall–Kier alpha value is -1.06. The lowest BCUT2D eigenvalue weighted by Crippen LogP contribution is -2.48. The summed E-state index contributed by atoms with van der Waals surface area (Å²) in [6.07, 6.45) is 11.9. The summed E-state index contributed by atoms with van der Waals surface area (Å²) >= 11 is 0. The number of epoxide rings is 2. The zero-order valence-electron chi connectivity index (χ0n) is 15.6. The number of aryl methyl sites for hydroxylation is 1. The fourth-order valence-electron chi connectivity index (χ4n) is 6.73. The summed E-state index contributed by atoms with van der Waals surface area (Å²) in [4.78, 5) is 0. The Bertz CT molecular complexity index is 653. The van der Waals surface area contributed by atoms with Gasteiger partial charge in [-0.3, -0.25) is 0 Å². The fraction of sp³-hybridized carbons (Fsp3) is 0.739. The molecular formula is C23H30O3. The van der Waals surface area contributed by atoms with Gasteiger partial charge >= 0.3 is 0 Å². The summed E-state index contributed by atoms with van der Waals surface area (Å²) in [5.74, 6) is 4.00. The van der Waals surface area contributed by atoms with Crippen LogP contribution in [0.2, 0.25) is 0 Å². The van der Waals surface area contributed by atoms with E-state index in [1.165, 1.54) is 44.1 Å². The molecule has 0 radical (unpaired) electrons. The lowest BCUT2D eigenvalue weighted by Gasteiger charge is -2.57. The first-order valence-corrected chi connectivity index (χ1v) is 10.8. The first-order chi connectivity index (χ1) is 12.8. The quantitative estimate of drug-likeness (QED) is 0.686. The van der Waals surface area contributed by atoms with Crippen molar-refractivity contribution in [2.24, 2.45) is 17.8 Å². The van der Waals surface area contributed by atoms with Crippen molar-refractivity contribution in [1.82, 2.24) is 0 Å². The van der Waals surface area contributed by atoms with Crippen LogP contribution in [-0.2, 0) is 21.3 Å². The highest BCUT2D eigenvalue weighted by atomic mass is 16.6. The molecule has 4 bridgehead atoms. The van der Waals surface area contributed by atoms with E-state index in [9.17, 15) is 0 Å². The van der Waals surface area contributed by atoms with Crippen LogP contribution < -0.4 is 4.74 Å². The zero-order chi connectivity index (χ0) is 17.1. The van der Waals surface area contributed by atoms with Crippen molar-refractivity contribution in [2.75, 3.05) is 19.8 Å². The summed E-state index contributed by atoms with van der Waals surface area (Å²) < 4.78 is 16.8. The van der Waals surface area contributed by atoms with Gasteiger partial charge in [-0.25, -0.2) is 0 Å². The first-order valence-electron chi connectivity index (χ1n) is 10.8. The first kappa shape index (κ1) is 15.9. The highest BCUT2D eigenvalue weighted by Crippen LogP contribution is 2.61. The average Bonchev–Trinajstić information content (AvgIpc) is 3.52. The van der Waals surface area contributed by atoms with Crippen LogP contribution in [-0.4, -0.2) is 32.0 Å². The van der Waals surface area contributed by atoms with Crippen LogP contribution in [0.3, 0.4) is 0 Å². The minimum Gasteiger partial charge on any atom is -0.491 e. The third kappa shape index (κ3) is 2.97. The van der Waals surface area contributed by atoms with Crippen molar-refractivity contribution >= 4 is 0 Å². The largest absolute Gasteiger partial charge is 0.491 e. The molecule has 2 aliphatic heterocycles. The molecule has 6 aliphatic rings. The van der Waals surface area contributed by atoms with Gasteiger partial charge in [0.15, 0.2) is 0 Å². The molecule has 4 aliphatic carbocycles. The molecule has 4 saturated carbocycles. The Kier molecular flexibility index (Phi) is 3.66. The maximum Gasteiger partial charge on any atom is 0.119 e. The Balaban J connectivity index is 1.30. The predicted octanol–water partition coefficient (Wildman–Crippen LogP) is 4.26. The van der Waals surface area contributed by atoms with Crippen molar-refractivity contribution in [1.29, 1.82) is 0 Å². The molecule has 3 nitrogen and oxygen atoms in total. The standard InChI is InChI=1S/C23H30O3/c1(2-20-12-25-20)18-8-19(24-13-21-14-26-21)3-4-22(18)23-9-15-5-16(10-23)7-17(6-15)11-23/h3-4,8,15-17,20-21H,1-2,5-7,9-14H2. The molecule has 2 saturated heterocycles. The molecule has 1 aromatic rings. The summed E-state index contributed by atoms with van der Waals surface area (Å²) in [7, 11) is 0. The SMILES string of the molecule is c1cc(C23CC4CC(CC(C4)C2)C3)c(CCC2CO2)cc1OCC1CO1. The molecule has 0 amide bonds. The van der Waals surface area contributed by atoms with Crippen LogP contribution >= 0.6 is 0 Å². The molecule has 0 spiro atoms. The minimum atomic E-state index is 0.321. The van der Waals surface area contributed by atoms with Crippen LogP contribution in [0.1, 0.15) is 56.1 Å². The summed E-state index contributed by atoms with van der Waals surface area (Å²) in [5, 5.41) is 0. The van der Waals surface area contributed by atoms with Gasteiger partial charge in [-0.05, 0) is 97.8 Å². The minimum absolute atomic E-state index is 0.321. The number of rotatable bonds is 7. The number of ether oxygens (including phenoxy) is 3. The van der Waals surface area contributed by atoms with Gasteiger partial charge < -0.3 is 14.2 Å². The second-order valence-corrected chi connectivity index (χ2v) is 9.78. The molecule has 0 N–H and O–H groups in total. The van der Waals surface area contributed by atoms with Gasteiger partial charge in [0.1, 0.15) is 18.5 Å². The Labute approximate surface area is 156 Å². The van der Waals surface area contributed by atoms with Crippen molar-refractivity contribution < 1.29 is 14.2 Å². The van der Waals surface area contributed by atoms with Gasteiger partial charge in [0.25, 0.3) is 0 Å². The van der Waals surface area contributed by atoms with Crippen molar-refractivity contribution in [3.63, 3.8) is 0 Å². The van der Waals surface area contributed by atoms with Gasteiger partial charge in [0, 0.05) is 0 Å². The van der Waals surface area contributed by atoms with E-state index >= 15 is 0 Å². The molecule has 26 heavy (non-hydrogen) atoms. The molecule has 6 fully saturated rings. The Morgan fingerprint density at radius 2 is 1.58 bits per heavy atom. The number of hydrogen-bond donors (Lipinski definition) is 0. The summed E-state index contributed by atoms with van der Waals surface area (Å²) in [5.41, 5.74) is 3.66. The molecular weight excluding hydrogens is 324 g/mol. The maximum absolute atomic E-state index is 6.01.